The van der Waals surface area contributed by atoms with Gasteiger partial charge in [-0.05, 0) is 75.0 Å². The SMILES string of the molecule is NC1CCC(C2CCC(C3CCCC3)CC2)CC1. The molecule has 0 aliphatic heterocycles. The molecule has 3 fully saturated rings. The molecule has 3 aliphatic carbocycles. The van der Waals surface area contributed by atoms with E-state index < -0.39 is 0 Å². The number of rotatable bonds is 2. The maximum atomic E-state index is 6.03. The molecule has 0 saturated heterocycles. The van der Waals surface area contributed by atoms with Crippen molar-refractivity contribution in [2.45, 2.75) is 83.1 Å². The largest absolute Gasteiger partial charge is 0.328 e. The van der Waals surface area contributed by atoms with Gasteiger partial charge >= 0.3 is 0 Å². The quantitative estimate of drug-likeness (QED) is 0.766. The Kier molecular flexibility index (Phi) is 4.28. The lowest BCUT2D eigenvalue weighted by Gasteiger charge is -2.38. The molecular weight excluding hydrogens is 218 g/mol. The molecule has 104 valence electrons. The number of hydrogen-bond donors (Lipinski definition) is 1. The van der Waals surface area contributed by atoms with Crippen LogP contribution in [0.3, 0.4) is 0 Å². The van der Waals surface area contributed by atoms with Crippen LogP contribution in [-0.2, 0) is 0 Å². The lowest BCUT2D eigenvalue weighted by Crippen LogP contribution is -2.32. The van der Waals surface area contributed by atoms with Gasteiger partial charge in [-0.1, -0.05) is 25.7 Å². The fourth-order valence-corrected chi connectivity index (χ4v) is 5.13. The summed E-state index contributed by atoms with van der Waals surface area (Å²) in [4.78, 5) is 0. The first-order valence-electron chi connectivity index (χ1n) is 8.58. The lowest BCUT2D eigenvalue weighted by molar-refractivity contribution is 0.136. The van der Waals surface area contributed by atoms with Gasteiger partial charge in [-0.3, -0.25) is 0 Å². The summed E-state index contributed by atoms with van der Waals surface area (Å²) in [7, 11) is 0. The summed E-state index contributed by atoms with van der Waals surface area (Å²) in [6.45, 7) is 0. The Hall–Kier alpha value is -0.0400. The standard InChI is InChI=1S/C17H31N/c18-17-11-9-16(10-12-17)15-7-5-14(6-8-15)13-3-1-2-4-13/h13-17H,1-12,18H2. The first kappa shape index (κ1) is 13.0. The molecule has 0 heterocycles. The highest BCUT2D eigenvalue weighted by Gasteiger charge is 2.33. The van der Waals surface area contributed by atoms with Crippen molar-refractivity contribution in [1.29, 1.82) is 0 Å². The average Bonchev–Trinajstić information content (AvgIpc) is 2.94. The zero-order valence-corrected chi connectivity index (χ0v) is 11.9. The molecule has 0 spiro atoms. The van der Waals surface area contributed by atoms with E-state index in [4.69, 9.17) is 5.73 Å². The predicted molar refractivity (Wildman–Crippen MR) is 77.3 cm³/mol. The van der Waals surface area contributed by atoms with Crippen LogP contribution < -0.4 is 5.73 Å². The van der Waals surface area contributed by atoms with Crippen molar-refractivity contribution < 1.29 is 0 Å². The maximum absolute atomic E-state index is 6.03. The Morgan fingerprint density at radius 3 is 1.22 bits per heavy atom. The molecule has 3 rings (SSSR count). The van der Waals surface area contributed by atoms with Crippen LogP contribution in [0.1, 0.15) is 77.0 Å². The Morgan fingerprint density at radius 1 is 0.444 bits per heavy atom. The molecule has 1 heteroatoms. The molecule has 18 heavy (non-hydrogen) atoms. The summed E-state index contributed by atoms with van der Waals surface area (Å²) in [5.41, 5.74) is 6.03. The van der Waals surface area contributed by atoms with Gasteiger partial charge in [-0.15, -0.1) is 0 Å². The van der Waals surface area contributed by atoms with E-state index in [0.717, 1.165) is 23.7 Å². The predicted octanol–water partition coefficient (Wildman–Crippen LogP) is 4.50. The van der Waals surface area contributed by atoms with Crippen LogP contribution in [0.4, 0.5) is 0 Å². The van der Waals surface area contributed by atoms with Gasteiger partial charge in [-0.25, -0.2) is 0 Å². The third-order valence-electron chi connectivity index (χ3n) is 6.37. The third-order valence-corrected chi connectivity index (χ3v) is 6.37. The Bertz CT molecular complexity index is 240. The van der Waals surface area contributed by atoms with E-state index in [1.54, 1.807) is 38.5 Å². The third kappa shape index (κ3) is 2.92. The normalized spacial score (nSPS) is 43.2. The van der Waals surface area contributed by atoms with E-state index in [2.05, 4.69) is 0 Å². The van der Waals surface area contributed by atoms with Crippen LogP contribution in [0.25, 0.3) is 0 Å². The lowest BCUT2D eigenvalue weighted by atomic mass is 9.68. The molecule has 2 N–H and O–H groups in total. The molecule has 0 radical (unpaired) electrons. The Morgan fingerprint density at radius 2 is 0.778 bits per heavy atom. The summed E-state index contributed by atoms with van der Waals surface area (Å²) in [6, 6.07) is 0.524. The molecule has 0 unspecified atom stereocenters. The smallest absolute Gasteiger partial charge is 0.00390 e. The summed E-state index contributed by atoms with van der Waals surface area (Å²) in [5.74, 6) is 4.32. The molecule has 0 amide bonds. The van der Waals surface area contributed by atoms with Crippen LogP contribution in [-0.4, -0.2) is 6.04 Å². The monoisotopic (exact) mass is 249 g/mol. The molecular formula is C17H31N. The molecule has 1 nitrogen and oxygen atoms in total. The summed E-state index contributed by atoms with van der Waals surface area (Å²) >= 11 is 0. The van der Waals surface area contributed by atoms with Crippen molar-refractivity contribution in [3.8, 4) is 0 Å². The second-order valence-electron chi connectivity index (χ2n) is 7.39. The molecule has 0 aromatic carbocycles. The van der Waals surface area contributed by atoms with Crippen molar-refractivity contribution in [3.63, 3.8) is 0 Å². The minimum atomic E-state index is 0.524. The fourth-order valence-electron chi connectivity index (χ4n) is 5.13. The van der Waals surface area contributed by atoms with Crippen molar-refractivity contribution in [2.24, 2.45) is 29.4 Å². The molecule has 0 atom stereocenters. The molecule has 0 bridgehead atoms. The second kappa shape index (κ2) is 5.94. The van der Waals surface area contributed by atoms with Crippen molar-refractivity contribution in [2.75, 3.05) is 0 Å². The minimum absolute atomic E-state index is 0.524. The van der Waals surface area contributed by atoms with E-state index >= 15 is 0 Å². The van der Waals surface area contributed by atoms with Gasteiger partial charge in [0.05, 0.1) is 0 Å². The fraction of sp³-hybridized carbons (Fsp3) is 1.00. The highest BCUT2D eigenvalue weighted by Crippen LogP contribution is 2.44. The summed E-state index contributed by atoms with van der Waals surface area (Å²) in [5, 5.41) is 0. The molecule has 0 aromatic rings. The van der Waals surface area contributed by atoms with E-state index in [9.17, 15) is 0 Å². The average molecular weight is 249 g/mol. The number of nitrogens with two attached hydrogens (primary N) is 1. The van der Waals surface area contributed by atoms with E-state index in [1.165, 1.54) is 38.5 Å². The summed E-state index contributed by atoms with van der Waals surface area (Å²) in [6.07, 6.45) is 17.8. The number of hydrogen-bond acceptors (Lipinski definition) is 1. The van der Waals surface area contributed by atoms with Crippen LogP contribution in [0.5, 0.6) is 0 Å². The topological polar surface area (TPSA) is 26.0 Å². The van der Waals surface area contributed by atoms with Gasteiger partial charge in [0, 0.05) is 6.04 Å². The Balaban J connectivity index is 1.44. The highest BCUT2D eigenvalue weighted by atomic mass is 14.6. The first-order chi connectivity index (χ1) is 8.83. The van der Waals surface area contributed by atoms with Crippen molar-refractivity contribution in [3.05, 3.63) is 0 Å². The van der Waals surface area contributed by atoms with E-state index in [-0.39, 0.29) is 0 Å². The maximum Gasteiger partial charge on any atom is 0.00390 e. The van der Waals surface area contributed by atoms with Crippen LogP contribution in [0.15, 0.2) is 0 Å². The van der Waals surface area contributed by atoms with E-state index in [0.29, 0.717) is 6.04 Å². The van der Waals surface area contributed by atoms with Crippen LogP contribution in [0, 0.1) is 23.7 Å². The second-order valence-corrected chi connectivity index (χ2v) is 7.39. The first-order valence-corrected chi connectivity index (χ1v) is 8.58. The van der Waals surface area contributed by atoms with Crippen LogP contribution in [0.2, 0.25) is 0 Å². The van der Waals surface area contributed by atoms with Gasteiger partial charge in [0.1, 0.15) is 0 Å². The molecule has 3 aliphatic rings. The minimum Gasteiger partial charge on any atom is -0.328 e. The van der Waals surface area contributed by atoms with Gasteiger partial charge < -0.3 is 5.73 Å². The van der Waals surface area contributed by atoms with Crippen molar-refractivity contribution in [1.82, 2.24) is 0 Å². The zero-order valence-electron chi connectivity index (χ0n) is 11.9. The van der Waals surface area contributed by atoms with Gasteiger partial charge in [0.15, 0.2) is 0 Å². The highest BCUT2D eigenvalue weighted by molar-refractivity contribution is 4.85. The Labute approximate surface area is 113 Å². The van der Waals surface area contributed by atoms with Crippen LogP contribution >= 0.6 is 0 Å². The van der Waals surface area contributed by atoms with Gasteiger partial charge in [0.25, 0.3) is 0 Å². The van der Waals surface area contributed by atoms with E-state index in [1.807, 2.05) is 0 Å². The molecule has 3 saturated carbocycles. The van der Waals surface area contributed by atoms with Crippen molar-refractivity contribution >= 4 is 0 Å². The molecule has 0 aromatic heterocycles. The zero-order chi connectivity index (χ0) is 12.4. The van der Waals surface area contributed by atoms with Gasteiger partial charge in [-0.2, -0.15) is 0 Å². The van der Waals surface area contributed by atoms with Gasteiger partial charge in [0.2, 0.25) is 0 Å². The summed E-state index contributed by atoms with van der Waals surface area (Å²) < 4.78 is 0.